The summed E-state index contributed by atoms with van der Waals surface area (Å²) in [6.07, 6.45) is 0.160. The number of hydrogen-bond donors (Lipinski definition) is 0. The smallest absolute Gasteiger partial charge is 0.397 e. The normalized spacial score (nSPS) is 19.3. The van der Waals surface area contributed by atoms with Crippen LogP contribution in [0.4, 0.5) is 5.69 Å². The first-order valence-corrected chi connectivity index (χ1v) is 9.63. The summed E-state index contributed by atoms with van der Waals surface area (Å²) in [6, 6.07) is 7.14. The van der Waals surface area contributed by atoms with Gasteiger partial charge in [-0.25, -0.2) is 4.79 Å². The molecule has 1 aromatic rings. The average molecular weight is 403 g/mol. The van der Waals surface area contributed by atoms with Crippen LogP contribution in [0.2, 0.25) is 0 Å². The maximum absolute atomic E-state index is 12.9. The monoisotopic (exact) mass is 403 g/mol. The van der Waals surface area contributed by atoms with Gasteiger partial charge in [0.05, 0.1) is 19.6 Å². The Bertz CT molecular complexity index is 786. The topological polar surface area (TPSA) is 96.5 Å². The van der Waals surface area contributed by atoms with E-state index in [1.165, 1.54) is 4.90 Å². The van der Waals surface area contributed by atoms with E-state index in [2.05, 4.69) is 0 Å². The number of hydrogen-bond acceptors (Lipinski definition) is 6. The Kier molecular flexibility index (Phi) is 6.36. The molecule has 2 saturated heterocycles. The van der Waals surface area contributed by atoms with E-state index in [1.807, 2.05) is 0 Å². The number of benzene rings is 1. The van der Waals surface area contributed by atoms with Crippen LogP contribution in [0.1, 0.15) is 13.3 Å². The van der Waals surface area contributed by atoms with Crippen molar-refractivity contribution in [2.75, 3.05) is 51.3 Å². The third-order valence-electron chi connectivity index (χ3n) is 5.19. The van der Waals surface area contributed by atoms with Crippen LogP contribution >= 0.6 is 0 Å². The van der Waals surface area contributed by atoms with Crippen LogP contribution in [0.3, 0.4) is 0 Å². The van der Waals surface area contributed by atoms with E-state index in [9.17, 15) is 19.2 Å². The lowest BCUT2D eigenvalue weighted by Crippen LogP contribution is -2.53. The molecule has 29 heavy (non-hydrogen) atoms. The van der Waals surface area contributed by atoms with E-state index >= 15 is 0 Å². The molecule has 9 nitrogen and oxygen atoms in total. The van der Waals surface area contributed by atoms with Crippen LogP contribution in [-0.4, -0.2) is 79.9 Å². The second-order valence-electron chi connectivity index (χ2n) is 6.94. The second kappa shape index (κ2) is 8.93. The molecule has 156 valence electrons. The highest BCUT2D eigenvalue weighted by Crippen LogP contribution is 2.28. The third-order valence-corrected chi connectivity index (χ3v) is 5.19. The fourth-order valence-electron chi connectivity index (χ4n) is 3.59. The molecular weight excluding hydrogens is 378 g/mol. The van der Waals surface area contributed by atoms with Crippen LogP contribution in [-0.2, 0) is 23.9 Å². The summed E-state index contributed by atoms with van der Waals surface area (Å²) in [4.78, 5) is 53.5. The highest BCUT2D eigenvalue weighted by molar-refractivity contribution is 6.32. The zero-order chi connectivity index (χ0) is 21.0. The maximum Gasteiger partial charge on any atom is 0.397 e. The summed E-state index contributed by atoms with van der Waals surface area (Å²) in [7, 11) is 1.57. The number of carbonyl (C=O) groups excluding carboxylic acids is 4. The Morgan fingerprint density at radius 3 is 2.24 bits per heavy atom. The van der Waals surface area contributed by atoms with Gasteiger partial charge in [-0.3, -0.25) is 14.4 Å². The number of anilines is 1. The predicted molar refractivity (Wildman–Crippen MR) is 103 cm³/mol. The molecular formula is C20H25N3O6. The molecule has 3 amide bonds. The standard InChI is InChI=1S/C20H25N3O6/c1-3-29-20(27)19(26)22-10-8-21(9-11-22)18(25)14-12-17(24)23(13-14)15-4-6-16(28-2)7-5-15/h4-7,14H,3,8-13H2,1-2H3. The number of rotatable bonds is 4. The number of nitrogens with zero attached hydrogens (tertiary/aromatic N) is 3. The van der Waals surface area contributed by atoms with E-state index in [4.69, 9.17) is 9.47 Å². The summed E-state index contributed by atoms with van der Waals surface area (Å²) in [5.41, 5.74) is 0.732. The fourth-order valence-corrected chi connectivity index (χ4v) is 3.59. The molecule has 9 heteroatoms. The van der Waals surface area contributed by atoms with Gasteiger partial charge in [0.2, 0.25) is 11.8 Å². The molecule has 0 bridgehead atoms. The van der Waals surface area contributed by atoms with Gasteiger partial charge in [0.1, 0.15) is 5.75 Å². The quantitative estimate of drug-likeness (QED) is 0.529. The number of ether oxygens (including phenoxy) is 2. The van der Waals surface area contributed by atoms with Gasteiger partial charge in [0.15, 0.2) is 0 Å². The molecule has 0 spiro atoms. The van der Waals surface area contributed by atoms with Crippen LogP contribution < -0.4 is 9.64 Å². The third kappa shape index (κ3) is 4.49. The van der Waals surface area contributed by atoms with Crippen molar-refractivity contribution >= 4 is 29.4 Å². The summed E-state index contributed by atoms with van der Waals surface area (Å²) in [5, 5.41) is 0. The Morgan fingerprint density at radius 2 is 1.66 bits per heavy atom. The molecule has 1 aromatic carbocycles. The number of amides is 3. The van der Waals surface area contributed by atoms with E-state index in [-0.39, 0.29) is 37.9 Å². The highest BCUT2D eigenvalue weighted by atomic mass is 16.5. The van der Waals surface area contributed by atoms with Gasteiger partial charge < -0.3 is 24.2 Å². The van der Waals surface area contributed by atoms with Gasteiger partial charge in [-0.2, -0.15) is 0 Å². The van der Waals surface area contributed by atoms with Crippen molar-refractivity contribution in [2.45, 2.75) is 13.3 Å². The summed E-state index contributed by atoms with van der Waals surface area (Å²) >= 11 is 0. The van der Waals surface area contributed by atoms with Crippen LogP contribution in [0, 0.1) is 5.92 Å². The van der Waals surface area contributed by atoms with Crippen molar-refractivity contribution in [2.24, 2.45) is 5.92 Å². The van der Waals surface area contributed by atoms with Gasteiger partial charge in [-0.05, 0) is 31.2 Å². The van der Waals surface area contributed by atoms with E-state index in [0.717, 1.165) is 5.69 Å². The molecule has 3 rings (SSSR count). The summed E-state index contributed by atoms with van der Waals surface area (Å²) < 4.78 is 9.86. The van der Waals surface area contributed by atoms with Gasteiger partial charge >= 0.3 is 11.9 Å². The van der Waals surface area contributed by atoms with Crippen molar-refractivity contribution in [3.8, 4) is 5.75 Å². The number of esters is 1. The summed E-state index contributed by atoms with van der Waals surface area (Å²) in [5.74, 6) is -1.47. The van der Waals surface area contributed by atoms with Crippen molar-refractivity contribution in [1.82, 2.24) is 9.80 Å². The Hall–Kier alpha value is -3.10. The van der Waals surface area contributed by atoms with Crippen molar-refractivity contribution in [1.29, 1.82) is 0 Å². The number of piperazine rings is 1. The Morgan fingerprint density at radius 1 is 1.03 bits per heavy atom. The highest BCUT2D eigenvalue weighted by Gasteiger charge is 2.38. The number of carbonyl (C=O) groups is 4. The van der Waals surface area contributed by atoms with E-state index in [0.29, 0.717) is 25.4 Å². The van der Waals surface area contributed by atoms with Crippen molar-refractivity contribution < 1.29 is 28.7 Å². The van der Waals surface area contributed by atoms with Crippen LogP contribution in [0.25, 0.3) is 0 Å². The molecule has 0 N–H and O–H groups in total. The van der Waals surface area contributed by atoms with Gasteiger partial charge in [-0.1, -0.05) is 0 Å². The van der Waals surface area contributed by atoms with E-state index in [1.54, 1.807) is 48.1 Å². The number of methoxy groups -OCH3 is 1. The Balaban J connectivity index is 1.55. The molecule has 1 unspecified atom stereocenters. The molecule has 2 fully saturated rings. The lowest BCUT2D eigenvalue weighted by molar-refractivity contribution is -0.161. The molecule has 2 heterocycles. The Labute approximate surface area is 169 Å². The first kappa shape index (κ1) is 20.6. The fraction of sp³-hybridized carbons (Fsp3) is 0.500. The largest absolute Gasteiger partial charge is 0.497 e. The zero-order valence-electron chi connectivity index (χ0n) is 16.6. The molecule has 0 aliphatic carbocycles. The summed E-state index contributed by atoms with van der Waals surface area (Å²) in [6.45, 7) is 3.31. The lowest BCUT2D eigenvalue weighted by atomic mass is 10.1. The van der Waals surface area contributed by atoms with Gasteiger partial charge in [0.25, 0.3) is 0 Å². The average Bonchev–Trinajstić information content (AvgIpc) is 3.14. The van der Waals surface area contributed by atoms with Crippen molar-refractivity contribution in [3.05, 3.63) is 24.3 Å². The molecule has 2 aliphatic heterocycles. The zero-order valence-corrected chi connectivity index (χ0v) is 16.6. The van der Waals surface area contributed by atoms with Crippen molar-refractivity contribution in [3.63, 3.8) is 0 Å². The van der Waals surface area contributed by atoms with Crippen LogP contribution in [0.5, 0.6) is 5.75 Å². The van der Waals surface area contributed by atoms with Gasteiger partial charge in [-0.15, -0.1) is 0 Å². The van der Waals surface area contributed by atoms with Crippen LogP contribution in [0.15, 0.2) is 24.3 Å². The van der Waals surface area contributed by atoms with Gasteiger partial charge in [0, 0.05) is 44.8 Å². The first-order valence-electron chi connectivity index (χ1n) is 9.63. The predicted octanol–water partition coefficient (Wildman–Crippen LogP) is 0.282. The maximum atomic E-state index is 12.9. The minimum absolute atomic E-state index is 0.0929. The molecule has 0 radical (unpaired) electrons. The minimum Gasteiger partial charge on any atom is -0.497 e. The van der Waals surface area contributed by atoms with E-state index < -0.39 is 17.8 Å². The molecule has 1 atom stereocenters. The minimum atomic E-state index is -0.871. The second-order valence-corrected chi connectivity index (χ2v) is 6.94. The molecule has 2 aliphatic rings. The lowest BCUT2D eigenvalue weighted by Gasteiger charge is -2.35. The molecule has 0 saturated carbocycles. The SMILES string of the molecule is CCOC(=O)C(=O)N1CCN(C(=O)C2CC(=O)N(c3ccc(OC)cc3)C2)CC1. The first-order chi connectivity index (χ1) is 13.9. The molecule has 0 aromatic heterocycles.